The molecule has 0 aromatic carbocycles. The first kappa shape index (κ1) is 9.71. The number of aromatic nitrogens is 2. The third-order valence-corrected chi connectivity index (χ3v) is 1.61. The van der Waals surface area contributed by atoms with E-state index in [4.69, 9.17) is 0 Å². The van der Waals surface area contributed by atoms with Crippen LogP contribution < -0.4 is 5.32 Å². The molecule has 0 bridgehead atoms. The topological polar surface area (TPSA) is 37.8 Å². The Kier molecular flexibility index (Phi) is 3.43. The maximum absolute atomic E-state index is 4.25. The molecule has 1 aromatic heterocycles. The summed E-state index contributed by atoms with van der Waals surface area (Å²) in [4.78, 5) is 8.50. The van der Waals surface area contributed by atoms with Crippen LogP contribution in [0.3, 0.4) is 0 Å². The van der Waals surface area contributed by atoms with Gasteiger partial charge in [-0.05, 0) is 26.3 Å². The number of rotatable bonds is 4. The van der Waals surface area contributed by atoms with Crippen molar-refractivity contribution in [3.63, 3.8) is 0 Å². The molecule has 3 heteroatoms. The van der Waals surface area contributed by atoms with Crippen molar-refractivity contribution in [2.75, 3.05) is 11.9 Å². The van der Waals surface area contributed by atoms with Crippen LogP contribution >= 0.6 is 0 Å². The van der Waals surface area contributed by atoms with E-state index in [2.05, 4.69) is 21.9 Å². The lowest BCUT2D eigenvalue weighted by Crippen LogP contribution is -2.05. The first-order valence-electron chi connectivity index (χ1n) is 4.39. The number of aryl methyl sites for hydroxylation is 2. The molecule has 0 fully saturated rings. The first-order valence-corrected chi connectivity index (χ1v) is 4.39. The molecule has 0 spiro atoms. The molecule has 0 aliphatic heterocycles. The van der Waals surface area contributed by atoms with Gasteiger partial charge >= 0.3 is 0 Å². The van der Waals surface area contributed by atoms with Gasteiger partial charge in [0.1, 0.15) is 0 Å². The zero-order valence-electron chi connectivity index (χ0n) is 8.17. The summed E-state index contributed by atoms with van der Waals surface area (Å²) >= 11 is 0. The van der Waals surface area contributed by atoms with Crippen molar-refractivity contribution in [1.82, 2.24) is 9.97 Å². The average Bonchev–Trinajstić information content (AvgIpc) is 2.03. The Labute approximate surface area is 78.9 Å². The fraction of sp³-hybridized carbons (Fsp3) is 0.400. The van der Waals surface area contributed by atoms with Crippen LogP contribution in [0.15, 0.2) is 18.7 Å². The van der Waals surface area contributed by atoms with Crippen LogP contribution in [-0.4, -0.2) is 16.5 Å². The Morgan fingerprint density at radius 2 is 2.00 bits per heavy atom. The molecule has 1 aromatic rings. The summed E-state index contributed by atoms with van der Waals surface area (Å²) in [6.07, 6.45) is 2.80. The van der Waals surface area contributed by atoms with E-state index in [0.717, 1.165) is 24.4 Å². The van der Waals surface area contributed by atoms with Gasteiger partial charge in [0.15, 0.2) is 0 Å². The van der Waals surface area contributed by atoms with Crippen LogP contribution in [0.2, 0.25) is 0 Å². The van der Waals surface area contributed by atoms with Crippen molar-refractivity contribution < 1.29 is 0 Å². The number of nitrogens with zero attached hydrogens (tertiary/aromatic N) is 2. The van der Waals surface area contributed by atoms with Gasteiger partial charge in [0, 0.05) is 17.9 Å². The smallest absolute Gasteiger partial charge is 0.223 e. The zero-order chi connectivity index (χ0) is 9.68. The van der Waals surface area contributed by atoms with Crippen LogP contribution in [0.4, 0.5) is 5.95 Å². The molecule has 1 heterocycles. The van der Waals surface area contributed by atoms with Crippen LogP contribution in [0, 0.1) is 13.8 Å². The summed E-state index contributed by atoms with van der Waals surface area (Å²) in [7, 11) is 0. The van der Waals surface area contributed by atoms with Gasteiger partial charge in [-0.15, -0.1) is 6.58 Å². The lowest BCUT2D eigenvalue weighted by Gasteiger charge is -2.04. The Balaban J connectivity index is 2.60. The second kappa shape index (κ2) is 4.60. The second-order valence-corrected chi connectivity index (χ2v) is 2.98. The van der Waals surface area contributed by atoms with Crippen molar-refractivity contribution in [2.45, 2.75) is 20.3 Å². The second-order valence-electron chi connectivity index (χ2n) is 2.98. The molecule has 0 atom stereocenters. The largest absolute Gasteiger partial charge is 0.354 e. The van der Waals surface area contributed by atoms with Gasteiger partial charge in [-0.25, -0.2) is 9.97 Å². The van der Waals surface area contributed by atoms with E-state index >= 15 is 0 Å². The quantitative estimate of drug-likeness (QED) is 0.565. The fourth-order valence-electron chi connectivity index (χ4n) is 1.09. The molecule has 3 nitrogen and oxygen atoms in total. The zero-order valence-corrected chi connectivity index (χ0v) is 8.17. The lowest BCUT2D eigenvalue weighted by atomic mass is 10.3. The molecule has 1 N–H and O–H groups in total. The molecule has 0 radical (unpaired) electrons. The highest BCUT2D eigenvalue weighted by Gasteiger charge is 1.96. The summed E-state index contributed by atoms with van der Waals surface area (Å²) < 4.78 is 0. The van der Waals surface area contributed by atoms with E-state index in [9.17, 15) is 0 Å². The molecule has 0 saturated carbocycles. The predicted octanol–water partition coefficient (Wildman–Crippen LogP) is 2.08. The van der Waals surface area contributed by atoms with E-state index in [1.54, 1.807) is 0 Å². The molecular formula is C10H15N3. The van der Waals surface area contributed by atoms with Gasteiger partial charge in [0.25, 0.3) is 0 Å². The monoisotopic (exact) mass is 177 g/mol. The molecule has 0 aliphatic carbocycles. The highest BCUT2D eigenvalue weighted by molar-refractivity contribution is 5.27. The van der Waals surface area contributed by atoms with Crippen molar-refractivity contribution in [2.24, 2.45) is 0 Å². The minimum absolute atomic E-state index is 0.708. The summed E-state index contributed by atoms with van der Waals surface area (Å²) in [6.45, 7) is 8.42. The third-order valence-electron chi connectivity index (χ3n) is 1.61. The van der Waals surface area contributed by atoms with Crippen LogP contribution in [0.25, 0.3) is 0 Å². The molecular weight excluding hydrogens is 162 g/mol. The Hall–Kier alpha value is -1.38. The molecule has 1 rings (SSSR count). The average molecular weight is 177 g/mol. The van der Waals surface area contributed by atoms with Crippen LogP contribution in [-0.2, 0) is 0 Å². The van der Waals surface area contributed by atoms with Crippen molar-refractivity contribution in [3.8, 4) is 0 Å². The van der Waals surface area contributed by atoms with Crippen LogP contribution in [0.5, 0.6) is 0 Å². The van der Waals surface area contributed by atoms with E-state index in [0.29, 0.717) is 5.95 Å². The van der Waals surface area contributed by atoms with E-state index in [1.165, 1.54) is 0 Å². The van der Waals surface area contributed by atoms with Crippen molar-refractivity contribution in [1.29, 1.82) is 0 Å². The molecule has 0 saturated heterocycles. The SMILES string of the molecule is C=CCCNc1nc(C)cc(C)n1. The first-order chi connectivity index (χ1) is 6.22. The van der Waals surface area contributed by atoms with Gasteiger partial charge in [0.05, 0.1) is 0 Å². The number of nitrogens with one attached hydrogen (secondary N) is 1. The Morgan fingerprint density at radius 1 is 1.38 bits per heavy atom. The highest BCUT2D eigenvalue weighted by Crippen LogP contribution is 2.03. The third kappa shape index (κ3) is 3.23. The number of anilines is 1. The van der Waals surface area contributed by atoms with Crippen molar-refractivity contribution in [3.05, 3.63) is 30.1 Å². The van der Waals surface area contributed by atoms with Gasteiger partial charge in [-0.1, -0.05) is 6.08 Å². The summed E-state index contributed by atoms with van der Waals surface area (Å²) in [6, 6.07) is 1.96. The van der Waals surface area contributed by atoms with Gasteiger partial charge in [-0.3, -0.25) is 0 Å². The molecule has 0 unspecified atom stereocenters. The molecule has 0 amide bonds. The minimum Gasteiger partial charge on any atom is -0.354 e. The predicted molar refractivity (Wildman–Crippen MR) is 54.8 cm³/mol. The van der Waals surface area contributed by atoms with Gasteiger partial charge in [-0.2, -0.15) is 0 Å². The molecule has 70 valence electrons. The van der Waals surface area contributed by atoms with E-state index in [-0.39, 0.29) is 0 Å². The minimum atomic E-state index is 0.708. The van der Waals surface area contributed by atoms with E-state index in [1.807, 2.05) is 26.0 Å². The van der Waals surface area contributed by atoms with Gasteiger partial charge < -0.3 is 5.32 Å². The molecule has 0 aliphatic rings. The lowest BCUT2D eigenvalue weighted by molar-refractivity contribution is 0.984. The maximum Gasteiger partial charge on any atom is 0.223 e. The molecule has 13 heavy (non-hydrogen) atoms. The highest BCUT2D eigenvalue weighted by atomic mass is 15.1. The van der Waals surface area contributed by atoms with Crippen molar-refractivity contribution >= 4 is 5.95 Å². The standard InChI is InChI=1S/C10H15N3/c1-4-5-6-11-10-12-8(2)7-9(3)13-10/h4,7H,1,5-6H2,2-3H3,(H,11,12,13). The van der Waals surface area contributed by atoms with Crippen LogP contribution in [0.1, 0.15) is 17.8 Å². The Bertz CT molecular complexity index is 274. The normalized spacial score (nSPS) is 9.69. The summed E-state index contributed by atoms with van der Waals surface area (Å²) in [5, 5.41) is 3.13. The summed E-state index contributed by atoms with van der Waals surface area (Å²) in [5.41, 5.74) is 1.99. The maximum atomic E-state index is 4.25. The Morgan fingerprint density at radius 3 is 2.54 bits per heavy atom. The number of hydrogen-bond acceptors (Lipinski definition) is 3. The van der Waals surface area contributed by atoms with Gasteiger partial charge in [0.2, 0.25) is 5.95 Å². The fourth-order valence-corrected chi connectivity index (χ4v) is 1.09. The van der Waals surface area contributed by atoms with E-state index < -0.39 is 0 Å². The summed E-state index contributed by atoms with van der Waals surface area (Å²) in [5.74, 6) is 0.708. The number of hydrogen-bond donors (Lipinski definition) is 1.